The Balaban J connectivity index is 1.30. The van der Waals surface area contributed by atoms with Gasteiger partial charge in [-0.15, -0.1) is 11.3 Å². The fraction of sp³-hybridized carbons (Fsp3) is 0.474. The molecule has 3 aliphatic rings. The van der Waals surface area contributed by atoms with Crippen molar-refractivity contribution in [1.82, 2.24) is 15.2 Å². The van der Waals surface area contributed by atoms with Gasteiger partial charge in [0.1, 0.15) is 5.01 Å². The molecule has 0 spiro atoms. The topological polar surface area (TPSA) is 45.2 Å². The van der Waals surface area contributed by atoms with Gasteiger partial charge in [-0.05, 0) is 37.8 Å². The minimum absolute atomic E-state index is 0.0939. The number of benzene rings is 1. The highest BCUT2D eigenvalue weighted by atomic mass is 32.1. The summed E-state index contributed by atoms with van der Waals surface area (Å²) in [5, 5.41) is 6.11. The molecule has 1 aromatic heterocycles. The van der Waals surface area contributed by atoms with E-state index in [0.29, 0.717) is 12.3 Å². The van der Waals surface area contributed by atoms with Crippen LogP contribution in [-0.2, 0) is 11.2 Å². The number of carbonyl (C=O) groups is 1. The molecule has 0 radical (unpaired) electrons. The van der Waals surface area contributed by atoms with Crippen molar-refractivity contribution in [2.45, 2.75) is 19.3 Å². The van der Waals surface area contributed by atoms with Gasteiger partial charge in [0.05, 0.1) is 12.1 Å². The molecule has 2 aromatic rings. The second kappa shape index (κ2) is 7.03. The van der Waals surface area contributed by atoms with Crippen LogP contribution in [0.25, 0.3) is 10.6 Å². The first kappa shape index (κ1) is 15.8. The Labute approximate surface area is 146 Å². The van der Waals surface area contributed by atoms with Crippen molar-refractivity contribution in [2.24, 2.45) is 11.8 Å². The van der Waals surface area contributed by atoms with E-state index < -0.39 is 0 Å². The summed E-state index contributed by atoms with van der Waals surface area (Å²) in [6.45, 7) is 4.46. The molecular formula is C19H23N3OS. The van der Waals surface area contributed by atoms with Gasteiger partial charge in [0.2, 0.25) is 5.91 Å². The standard InChI is InChI=1S/C19H23N3OS/c23-18(20-11-16-12-22-8-6-14(16)7-9-22)10-17-13-24-19(21-17)15-4-2-1-3-5-15/h1-5,13-14,16H,6-12H2,(H,20,23). The van der Waals surface area contributed by atoms with Crippen molar-refractivity contribution in [3.8, 4) is 10.6 Å². The van der Waals surface area contributed by atoms with Crippen molar-refractivity contribution < 1.29 is 4.79 Å². The molecule has 1 N–H and O–H groups in total. The number of amides is 1. The predicted molar refractivity (Wildman–Crippen MR) is 96.9 cm³/mol. The summed E-state index contributed by atoms with van der Waals surface area (Å²) < 4.78 is 0. The summed E-state index contributed by atoms with van der Waals surface area (Å²) in [6.07, 6.45) is 2.98. The Morgan fingerprint density at radius 2 is 2.04 bits per heavy atom. The molecule has 0 aliphatic carbocycles. The predicted octanol–water partition coefficient (Wildman–Crippen LogP) is 2.81. The highest BCUT2D eigenvalue weighted by Gasteiger charge is 2.33. The van der Waals surface area contributed by atoms with E-state index in [1.807, 2.05) is 23.6 Å². The number of aromatic nitrogens is 1. The molecule has 24 heavy (non-hydrogen) atoms. The molecule has 1 amide bonds. The first-order chi connectivity index (χ1) is 11.8. The molecule has 1 unspecified atom stereocenters. The van der Waals surface area contributed by atoms with Crippen LogP contribution in [0.3, 0.4) is 0 Å². The van der Waals surface area contributed by atoms with Gasteiger partial charge in [-0.25, -0.2) is 4.98 Å². The van der Waals surface area contributed by atoms with Gasteiger partial charge in [-0.3, -0.25) is 4.79 Å². The van der Waals surface area contributed by atoms with Crippen LogP contribution in [0.1, 0.15) is 18.5 Å². The second-order valence-corrected chi connectivity index (χ2v) is 7.75. The van der Waals surface area contributed by atoms with Gasteiger partial charge in [-0.1, -0.05) is 30.3 Å². The monoisotopic (exact) mass is 341 g/mol. The molecule has 3 aliphatic heterocycles. The first-order valence-corrected chi connectivity index (χ1v) is 9.65. The van der Waals surface area contributed by atoms with Crippen LogP contribution in [-0.4, -0.2) is 42.0 Å². The van der Waals surface area contributed by atoms with Crippen molar-refractivity contribution in [2.75, 3.05) is 26.2 Å². The van der Waals surface area contributed by atoms with Gasteiger partial charge >= 0.3 is 0 Å². The second-order valence-electron chi connectivity index (χ2n) is 6.89. The van der Waals surface area contributed by atoms with Crippen LogP contribution in [0, 0.1) is 11.8 Å². The number of fused-ring (bicyclic) bond motifs is 3. The van der Waals surface area contributed by atoms with Gasteiger partial charge in [0.15, 0.2) is 0 Å². The van der Waals surface area contributed by atoms with E-state index >= 15 is 0 Å². The van der Waals surface area contributed by atoms with Crippen molar-refractivity contribution in [3.63, 3.8) is 0 Å². The third-order valence-electron chi connectivity index (χ3n) is 5.27. The third-order valence-corrected chi connectivity index (χ3v) is 6.21. The van der Waals surface area contributed by atoms with Crippen LogP contribution in [0.15, 0.2) is 35.7 Å². The maximum absolute atomic E-state index is 12.2. The highest BCUT2D eigenvalue weighted by Crippen LogP contribution is 2.31. The van der Waals surface area contributed by atoms with E-state index in [4.69, 9.17) is 0 Å². The van der Waals surface area contributed by atoms with Gasteiger partial charge in [0, 0.05) is 24.0 Å². The average molecular weight is 341 g/mol. The van der Waals surface area contributed by atoms with Gasteiger partial charge < -0.3 is 10.2 Å². The fourth-order valence-corrected chi connectivity index (χ4v) is 4.72. The lowest BCUT2D eigenvalue weighted by atomic mass is 9.79. The average Bonchev–Trinajstić information content (AvgIpc) is 3.10. The fourth-order valence-electron chi connectivity index (χ4n) is 3.89. The minimum atomic E-state index is 0.0939. The van der Waals surface area contributed by atoms with Crippen LogP contribution < -0.4 is 5.32 Å². The van der Waals surface area contributed by atoms with Gasteiger partial charge in [-0.2, -0.15) is 0 Å². The summed E-state index contributed by atoms with van der Waals surface area (Å²) >= 11 is 1.60. The number of rotatable bonds is 5. The number of piperidine rings is 3. The minimum Gasteiger partial charge on any atom is -0.355 e. The molecule has 5 heteroatoms. The molecule has 4 nitrogen and oxygen atoms in total. The molecule has 4 heterocycles. The lowest BCUT2D eigenvalue weighted by Gasteiger charge is -2.44. The molecular weight excluding hydrogens is 318 g/mol. The number of nitrogens with zero attached hydrogens (tertiary/aromatic N) is 2. The number of carbonyl (C=O) groups excluding carboxylic acids is 1. The van der Waals surface area contributed by atoms with E-state index in [-0.39, 0.29) is 5.91 Å². The number of thiazole rings is 1. The van der Waals surface area contributed by atoms with Crippen LogP contribution in [0.2, 0.25) is 0 Å². The van der Waals surface area contributed by atoms with Crippen LogP contribution in [0.4, 0.5) is 0 Å². The molecule has 5 rings (SSSR count). The van der Waals surface area contributed by atoms with E-state index in [1.54, 1.807) is 11.3 Å². The van der Waals surface area contributed by atoms with E-state index in [9.17, 15) is 4.79 Å². The SMILES string of the molecule is O=C(Cc1csc(-c2ccccc2)n1)NCC1CN2CCC1CC2. The Bertz CT molecular complexity index is 692. The summed E-state index contributed by atoms with van der Waals surface area (Å²) in [5.41, 5.74) is 1.98. The van der Waals surface area contributed by atoms with Crippen molar-refractivity contribution in [1.29, 1.82) is 0 Å². The quantitative estimate of drug-likeness (QED) is 0.909. The van der Waals surface area contributed by atoms with Gasteiger partial charge in [0.25, 0.3) is 0 Å². The highest BCUT2D eigenvalue weighted by molar-refractivity contribution is 7.13. The van der Waals surface area contributed by atoms with E-state index in [1.165, 1.54) is 25.9 Å². The maximum atomic E-state index is 12.2. The van der Waals surface area contributed by atoms with E-state index in [0.717, 1.165) is 35.3 Å². The smallest absolute Gasteiger partial charge is 0.226 e. The molecule has 3 fully saturated rings. The summed E-state index contributed by atoms with van der Waals surface area (Å²) in [5.74, 6) is 1.53. The summed E-state index contributed by atoms with van der Waals surface area (Å²) in [6, 6.07) is 10.1. The van der Waals surface area contributed by atoms with Crippen molar-refractivity contribution in [3.05, 3.63) is 41.4 Å². The largest absolute Gasteiger partial charge is 0.355 e. The molecule has 1 aromatic carbocycles. The lowest BCUT2D eigenvalue weighted by Crippen LogP contribution is -2.50. The summed E-state index contributed by atoms with van der Waals surface area (Å²) in [4.78, 5) is 19.4. The molecule has 0 saturated carbocycles. The number of nitrogens with one attached hydrogen (secondary N) is 1. The maximum Gasteiger partial charge on any atom is 0.226 e. The lowest BCUT2D eigenvalue weighted by molar-refractivity contribution is -0.121. The number of hydrogen-bond donors (Lipinski definition) is 1. The molecule has 2 bridgehead atoms. The van der Waals surface area contributed by atoms with Crippen LogP contribution >= 0.6 is 11.3 Å². The molecule has 3 saturated heterocycles. The normalized spacial score (nSPS) is 25.6. The zero-order chi connectivity index (χ0) is 16.4. The molecule has 126 valence electrons. The zero-order valence-electron chi connectivity index (χ0n) is 13.8. The Hall–Kier alpha value is -1.72. The third kappa shape index (κ3) is 3.52. The zero-order valence-corrected chi connectivity index (χ0v) is 14.6. The van der Waals surface area contributed by atoms with Crippen LogP contribution in [0.5, 0.6) is 0 Å². The summed E-state index contributed by atoms with van der Waals surface area (Å²) in [7, 11) is 0. The Morgan fingerprint density at radius 3 is 2.75 bits per heavy atom. The number of hydrogen-bond acceptors (Lipinski definition) is 4. The molecule has 1 atom stereocenters. The van der Waals surface area contributed by atoms with E-state index in [2.05, 4.69) is 27.3 Å². The Kier molecular flexibility index (Phi) is 4.63. The van der Waals surface area contributed by atoms with Crippen molar-refractivity contribution >= 4 is 17.2 Å². The Morgan fingerprint density at radius 1 is 1.25 bits per heavy atom. The first-order valence-electron chi connectivity index (χ1n) is 8.77.